The first-order valence-electron chi connectivity index (χ1n) is 9.58. The summed E-state index contributed by atoms with van der Waals surface area (Å²) in [5, 5.41) is 0.966. The van der Waals surface area contributed by atoms with Gasteiger partial charge in [-0.05, 0) is 30.4 Å². The van der Waals surface area contributed by atoms with E-state index in [0.29, 0.717) is 11.3 Å². The van der Waals surface area contributed by atoms with Gasteiger partial charge in [-0.15, -0.1) is 0 Å². The van der Waals surface area contributed by atoms with Crippen molar-refractivity contribution in [2.24, 2.45) is 5.73 Å². The molecule has 1 fully saturated rings. The summed E-state index contributed by atoms with van der Waals surface area (Å²) in [6.45, 7) is 7.49. The number of nitrogens with two attached hydrogens (primary N) is 1. The van der Waals surface area contributed by atoms with Crippen molar-refractivity contribution in [1.82, 2.24) is 0 Å². The van der Waals surface area contributed by atoms with Gasteiger partial charge in [0.25, 0.3) is 0 Å². The molecule has 3 nitrogen and oxygen atoms in total. The minimum atomic E-state index is -0.175. The number of furan rings is 1. The summed E-state index contributed by atoms with van der Waals surface area (Å²) in [5.74, 6) is 0.795. The number of rotatable bonds is 3. The average molecular weight is 364 g/mol. The Balaban J connectivity index is 1.72. The van der Waals surface area contributed by atoms with Crippen LogP contribution in [0, 0.1) is 6.57 Å². The number of hydrogen-bond acceptors (Lipinski definition) is 2. The van der Waals surface area contributed by atoms with Gasteiger partial charge in [-0.1, -0.05) is 72.8 Å². The van der Waals surface area contributed by atoms with Crippen LogP contribution in [0.3, 0.4) is 0 Å². The molecule has 0 unspecified atom stereocenters. The van der Waals surface area contributed by atoms with Crippen molar-refractivity contribution in [3.05, 3.63) is 89.8 Å². The van der Waals surface area contributed by atoms with E-state index in [1.807, 2.05) is 30.3 Å². The predicted molar refractivity (Wildman–Crippen MR) is 113 cm³/mol. The molecule has 5 rings (SSSR count). The molecule has 0 atom stereocenters. The van der Waals surface area contributed by atoms with E-state index in [0.717, 1.165) is 40.7 Å². The van der Waals surface area contributed by atoms with E-state index in [-0.39, 0.29) is 5.54 Å². The highest BCUT2D eigenvalue weighted by Gasteiger charge is 2.34. The largest absolute Gasteiger partial charge is 0.466 e. The van der Waals surface area contributed by atoms with Crippen LogP contribution in [0.5, 0.6) is 0 Å². The third-order valence-corrected chi connectivity index (χ3v) is 5.85. The molecule has 3 aromatic carbocycles. The van der Waals surface area contributed by atoms with Gasteiger partial charge >= 0.3 is 0 Å². The van der Waals surface area contributed by atoms with E-state index in [1.54, 1.807) is 6.07 Å². The third kappa shape index (κ3) is 2.54. The van der Waals surface area contributed by atoms with Gasteiger partial charge in [0.2, 0.25) is 5.69 Å². The first kappa shape index (κ1) is 16.8. The Hall–Kier alpha value is -3.35. The number of para-hydroxylation sites is 1. The van der Waals surface area contributed by atoms with Crippen molar-refractivity contribution >= 4 is 16.7 Å². The maximum absolute atomic E-state index is 7.49. The predicted octanol–water partition coefficient (Wildman–Crippen LogP) is 6.66. The fraction of sp³-hybridized carbons (Fsp3) is 0.160. The lowest BCUT2D eigenvalue weighted by Crippen LogP contribution is -2.43. The highest BCUT2D eigenvalue weighted by molar-refractivity contribution is 6.06. The maximum atomic E-state index is 7.49. The molecule has 1 saturated carbocycles. The van der Waals surface area contributed by atoms with E-state index in [4.69, 9.17) is 16.7 Å². The van der Waals surface area contributed by atoms with Gasteiger partial charge in [0, 0.05) is 22.1 Å². The quantitative estimate of drug-likeness (QED) is 0.413. The zero-order valence-corrected chi connectivity index (χ0v) is 15.5. The molecule has 0 bridgehead atoms. The van der Waals surface area contributed by atoms with Gasteiger partial charge < -0.3 is 10.2 Å². The van der Waals surface area contributed by atoms with Gasteiger partial charge in [0.1, 0.15) is 11.3 Å². The Morgan fingerprint density at radius 2 is 1.61 bits per heavy atom. The van der Waals surface area contributed by atoms with E-state index >= 15 is 0 Å². The molecule has 0 spiro atoms. The molecule has 0 amide bonds. The molecule has 1 aliphatic rings. The Morgan fingerprint density at radius 1 is 0.857 bits per heavy atom. The van der Waals surface area contributed by atoms with Crippen LogP contribution in [0.15, 0.2) is 77.2 Å². The summed E-state index contributed by atoms with van der Waals surface area (Å²) in [6, 6.07) is 24.4. The van der Waals surface area contributed by atoms with Crippen LogP contribution in [0.4, 0.5) is 5.69 Å². The molecule has 0 saturated heterocycles. The normalized spacial score (nSPS) is 15.1. The third-order valence-electron chi connectivity index (χ3n) is 5.85. The summed E-state index contributed by atoms with van der Waals surface area (Å²) < 4.78 is 6.28. The van der Waals surface area contributed by atoms with Crippen LogP contribution in [-0.4, -0.2) is 0 Å². The first-order valence-corrected chi connectivity index (χ1v) is 9.58. The minimum absolute atomic E-state index is 0.175. The second kappa shape index (κ2) is 6.37. The summed E-state index contributed by atoms with van der Waals surface area (Å²) in [7, 11) is 0. The average Bonchev–Trinajstić information content (AvgIpc) is 3.12. The highest BCUT2D eigenvalue weighted by atomic mass is 16.3. The number of benzene rings is 3. The number of nitrogens with zero attached hydrogens (tertiary/aromatic N) is 1. The van der Waals surface area contributed by atoms with Crippen LogP contribution >= 0.6 is 0 Å². The zero-order chi connectivity index (χ0) is 19.1. The molecule has 3 heteroatoms. The molecule has 28 heavy (non-hydrogen) atoms. The van der Waals surface area contributed by atoms with Gasteiger partial charge in [0.05, 0.1) is 6.57 Å². The Bertz CT molecular complexity index is 1190. The van der Waals surface area contributed by atoms with Crippen molar-refractivity contribution in [2.75, 3.05) is 0 Å². The summed E-state index contributed by atoms with van der Waals surface area (Å²) >= 11 is 0. The van der Waals surface area contributed by atoms with Gasteiger partial charge in [-0.3, -0.25) is 0 Å². The smallest absolute Gasteiger partial charge is 0.229 e. The lowest BCUT2D eigenvalue weighted by Gasteiger charge is -2.38. The summed E-state index contributed by atoms with van der Waals surface area (Å²) in [4.78, 5) is 3.65. The zero-order valence-electron chi connectivity index (χ0n) is 15.5. The molecular formula is C25H20N2O. The fourth-order valence-corrected chi connectivity index (χ4v) is 4.09. The van der Waals surface area contributed by atoms with E-state index in [1.165, 1.54) is 12.0 Å². The summed E-state index contributed by atoms with van der Waals surface area (Å²) in [6.07, 6.45) is 3.28. The van der Waals surface area contributed by atoms with E-state index in [9.17, 15) is 0 Å². The topological polar surface area (TPSA) is 43.5 Å². The van der Waals surface area contributed by atoms with Crippen molar-refractivity contribution in [1.29, 1.82) is 0 Å². The summed E-state index contributed by atoms with van der Waals surface area (Å²) in [5.41, 5.74) is 11.8. The fourth-order valence-electron chi connectivity index (χ4n) is 4.09. The Kier molecular flexibility index (Phi) is 3.82. The lowest BCUT2D eigenvalue weighted by atomic mass is 9.72. The van der Waals surface area contributed by atoms with Gasteiger partial charge in [0.15, 0.2) is 0 Å². The molecule has 4 aromatic rings. The van der Waals surface area contributed by atoms with Gasteiger partial charge in [-0.25, -0.2) is 4.85 Å². The lowest BCUT2D eigenvalue weighted by molar-refractivity contribution is 0.253. The van der Waals surface area contributed by atoms with Crippen molar-refractivity contribution in [3.63, 3.8) is 0 Å². The molecule has 136 valence electrons. The molecule has 0 aliphatic heterocycles. The van der Waals surface area contributed by atoms with Crippen molar-refractivity contribution < 1.29 is 4.42 Å². The van der Waals surface area contributed by atoms with Crippen LogP contribution < -0.4 is 5.73 Å². The molecule has 1 aromatic heterocycles. The Labute approximate surface area is 164 Å². The number of hydrogen-bond donors (Lipinski definition) is 1. The second-order valence-electron chi connectivity index (χ2n) is 7.52. The Morgan fingerprint density at radius 3 is 2.25 bits per heavy atom. The standard InChI is InChI=1S/C25H20N2O/c1-27-21-10-5-9-20-22(17-7-3-2-4-8-17)23(28-24(20)21)18-11-13-19(14-12-18)25(26)15-6-16-25/h2-5,7-14H,6,15-16,26H2. The van der Waals surface area contributed by atoms with Crippen LogP contribution in [0.1, 0.15) is 24.8 Å². The van der Waals surface area contributed by atoms with Crippen molar-refractivity contribution in [2.45, 2.75) is 24.8 Å². The van der Waals surface area contributed by atoms with Crippen molar-refractivity contribution in [3.8, 4) is 22.5 Å². The maximum Gasteiger partial charge on any atom is 0.229 e. The molecular weight excluding hydrogens is 344 g/mol. The van der Waals surface area contributed by atoms with E-state index in [2.05, 4.69) is 41.2 Å². The van der Waals surface area contributed by atoms with Crippen LogP contribution in [-0.2, 0) is 5.54 Å². The van der Waals surface area contributed by atoms with Crippen LogP contribution in [0.25, 0.3) is 38.3 Å². The first-order chi connectivity index (χ1) is 13.7. The molecule has 1 heterocycles. The molecule has 0 radical (unpaired) electrons. The molecule has 1 aliphatic carbocycles. The monoisotopic (exact) mass is 364 g/mol. The van der Waals surface area contributed by atoms with Crippen LogP contribution in [0.2, 0.25) is 0 Å². The molecule has 2 N–H and O–H groups in total. The number of fused-ring (bicyclic) bond motifs is 1. The minimum Gasteiger partial charge on any atom is -0.466 e. The van der Waals surface area contributed by atoms with E-state index < -0.39 is 0 Å². The SMILES string of the molecule is [C-]#[N+]c1cccc2c(-c3ccccc3)c(-c3ccc(C4(N)CCC4)cc3)oc12. The van der Waals surface area contributed by atoms with Gasteiger partial charge in [-0.2, -0.15) is 0 Å². The second-order valence-corrected chi connectivity index (χ2v) is 7.52. The highest BCUT2D eigenvalue weighted by Crippen LogP contribution is 2.44.